The number of ether oxygens (including phenoxy) is 1. The number of hydrogen-bond acceptors (Lipinski definition) is 6. The Labute approximate surface area is 153 Å². The number of rotatable bonds is 3. The zero-order valence-electron chi connectivity index (χ0n) is 15.1. The van der Waals surface area contributed by atoms with Crippen LogP contribution in [0, 0.1) is 12.8 Å². The highest BCUT2D eigenvalue weighted by atomic mass is 32.2. The number of piperazine rings is 1. The first kappa shape index (κ1) is 17.9. The van der Waals surface area contributed by atoms with Crippen molar-refractivity contribution in [3.63, 3.8) is 0 Å². The summed E-state index contributed by atoms with van der Waals surface area (Å²) in [6.45, 7) is 5.07. The van der Waals surface area contributed by atoms with E-state index in [2.05, 4.69) is 14.9 Å². The Hall–Kier alpha value is -1.45. The van der Waals surface area contributed by atoms with Crippen LogP contribution >= 0.6 is 0 Å². The van der Waals surface area contributed by atoms with E-state index in [-0.39, 0.29) is 35.4 Å². The second kappa shape index (κ2) is 6.94. The summed E-state index contributed by atoms with van der Waals surface area (Å²) in [6.07, 6.45) is 3.13. The normalized spacial score (nSPS) is 29.7. The zero-order chi connectivity index (χ0) is 18.3. The van der Waals surface area contributed by atoms with Crippen LogP contribution in [0.25, 0.3) is 0 Å². The number of hydrogen-bond donors (Lipinski definition) is 1. The molecule has 0 aromatic carbocycles. The monoisotopic (exact) mass is 382 g/mol. The second-order valence-corrected chi connectivity index (χ2v) is 9.73. The molecule has 1 N–H and O–H groups in total. The molecule has 0 aliphatic carbocycles. The van der Waals surface area contributed by atoms with Crippen LogP contribution in [0.3, 0.4) is 0 Å². The van der Waals surface area contributed by atoms with Gasteiger partial charge in [0.05, 0.1) is 29.6 Å². The minimum atomic E-state index is -3.14. The van der Waals surface area contributed by atoms with E-state index in [1.54, 1.807) is 6.33 Å². The van der Waals surface area contributed by atoms with Gasteiger partial charge in [-0.3, -0.25) is 9.69 Å². The van der Waals surface area contributed by atoms with Gasteiger partial charge in [-0.2, -0.15) is 0 Å². The van der Waals surface area contributed by atoms with E-state index in [4.69, 9.17) is 4.74 Å². The second-order valence-electron chi connectivity index (χ2n) is 7.57. The van der Waals surface area contributed by atoms with Crippen molar-refractivity contribution in [1.29, 1.82) is 0 Å². The third kappa shape index (κ3) is 3.39. The van der Waals surface area contributed by atoms with Crippen LogP contribution in [0.4, 0.5) is 0 Å². The van der Waals surface area contributed by atoms with E-state index < -0.39 is 9.84 Å². The van der Waals surface area contributed by atoms with Crippen LogP contribution in [-0.4, -0.2) is 84.0 Å². The van der Waals surface area contributed by atoms with E-state index in [9.17, 15) is 13.2 Å². The molecule has 4 rings (SSSR count). The van der Waals surface area contributed by atoms with Gasteiger partial charge in [0.1, 0.15) is 0 Å². The zero-order valence-corrected chi connectivity index (χ0v) is 15.9. The number of fused-ring (bicyclic) bond motifs is 1. The van der Waals surface area contributed by atoms with Gasteiger partial charge in [0, 0.05) is 50.5 Å². The van der Waals surface area contributed by atoms with E-state index in [1.165, 1.54) is 0 Å². The predicted molar refractivity (Wildman–Crippen MR) is 95.2 cm³/mol. The van der Waals surface area contributed by atoms with Crippen molar-refractivity contribution in [2.45, 2.75) is 38.4 Å². The molecule has 1 aromatic rings. The maximum absolute atomic E-state index is 13.0. The average Bonchev–Trinajstić information content (AvgIpc) is 3.17. The number of imidazole rings is 1. The van der Waals surface area contributed by atoms with Crippen molar-refractivity contribution >= 4 is 15.7 Å². The summed E-state index contributed by atoms with van der Waals surface area (Å²) < 4.78 is 30.1. The number of aromatic amines is 1. The molecule has 8 nitrogen and oxygen atoms in total. The molecule has 26 heavy (non-hydrogen) atoms. The molecule has 0 bridgehead atoms. The van der Waals surface area contributed by atoms with Gasteiger partial charge in [-0.1, -0.05) is 0 Å². The van der Waals surface area contributed by atoms with Gasteiger partial charge < -0.3 is 14.6 Å². The smallest absolute Gasteiger partial charge is 0.226 e. The number of aromatic nitrogens is 2. The summed E-state index contributed by atoms with van der Waals surface area (Å²) in [7, 11) is -3.14. The van der Waals surface area contributed by atoms with Crippen LogP contribution < -0.4 is 0 Å². The quantitative estimate of drug-likeness (QED) is 0.788. The van der Waals surface area contributed by atoms with Crippen LogP contribution in [-0.2, 0) is 25.9 Å². The largest absolute Gasteiger partial charge is 0.381 e. The number of H-pyrrole nitrogens is 1. The lowest BCUT2D eigenvalue weighted by Crippen LogP contribution is -2.61. The molecule has 3 saturated heterocycles. The number of aryl methyl sites for hydroxylation is 1. The Morgan fingerprint density at radius 3 is 2.69 bits per heavy atom. The van der Waals surface area contributed by atoms with E-state index >= 15 is 0 Å². The Morgan fingerprint density at radius 2 is 2.00 bits per heavy atom. The Balaban J connectivity index is 1.53. The highest BCUT2D eigenvalue weighted by Crippen LogP contribution is 2.30. The maximum atomic E-state index is 13.0. The Bertz CT molecular complexity index is 771. The van der Waals surface area contributed by atoms with Gasteiger partial charge in [0.2, 0.25) is 5.91 Å². The molecular weight excluding hydrogens is 356 g/mol. The minimum Gasteiger partial charge on any atom is -0.381 e. The summed E-state index contributed by atoms with van der Waals surface area (Å²) in [6, 6.07) is -0.392. The molecule has 1 amide bonds. The first-order chi connectivity index (χ1) is 12.4. The van der Waals surface area contributed by atoms with Crippen molar-refractivity contribution in [3.05, 3.63) is 17.7 Å². The number of sulfone groups is 1. The fourth-order valence-corrected chi connectivity index (χ4v) is 6.42. The summed E-state index contributed by atoms with van der Waals surface area (Å²) in [5.41, 5.74) is 1.94. The van der Waals surface area contributed by atoms with Crippen molar-refractivity contribution in [1.82, 2.24) is 19.8 Å². The van der Waals surface area contributed by atoms with E-state index in [0.717, 1.165) is 24.2 Å². The molecule has 0 saturated carbocycles. The summed E-state index contributed by atoms with van der Waals surface area (Å²) >= 11 is 0. The van der Waals surface area contributed by atoms with Gasteiger partial charge in [0.15, 0.2) is 9.84 Å². The first-order valence-electron chi connectivity index (χ1n) is 9.26. The molecule has 0 spiro atoms. The molecule has 2 atom stereocenters. The van der Waals surface area contributed by atoms with Crippen LogP contribution in [0.5, 0.6) is 0 Å². The molecule has 3 fully saturated rings. The van der Waals surface area contributed by atoms with Crippen molar-refractivity contribution in [3.8, 4) is 0 Å². The van der Waals surface area contributed by atoms with Crippen molar-refractivity contribution < 1.29 is 17.9 Å². The number of nitrogens with zero attached hydrogens (tertiary/aromatic N) is 3. The van der Waals surface area contributed by atoms with Gasteiger partial charge in [0.25, 0.3) is 0 Å². The molecular formula is C17H26N4O4S. The average molecular weight is 382 g/mol. The number of carbonyl (C=O) groups is 1. The fourth-order valence-electron chi connectivity index (χ4n) is 4.41. The highest BCUT2D eigenvalue weighted by Gasteiger charge is 2.48. The van der Waals surface area contributed by atoms with Gasteiger partial charge in [-0.15, -0.1) is 0 Å². The number of amides is 1. The SMILES string of the molecule is Cc1[nH]cnc1CN1CCN(C(=O)C2CCOCC2)[C@H]2CS(=O)(=O)C[C@H]21. The third-order valence-electron chi connectivity index (χ3n) is 5.93. The first-order valence-corrected chi connectivity index (χ1v) is 11.1. The molecule has 0 unspecified atom stereocenters. The maximum Gasteiger partial charge on any atom is 0.226 e. The highest BCUT2D eigenvalue weighted by molar-refractivity contribution is 7.91. The lowest BCUT2D eigenvalue weighted by molar-refractivity contribution is -0.144. The van der Waals surface area contributed by atoms with E-state index in [0.29, 0.717) is 32.8 Å². The van der Waals surface area contributed by atoms with Crippen molar-refractivity contribution in [2.75, 3.05) is 37.8 Å². The molecule has 1 aromatic heterocycles. The van der Waals surface area contributed by atoms with Gasteiger partial charge in [-0.05, 0) is 19.8 Å². The molecule has 4 heterocycles. The molecule has 3 aliphatic heterocycles. The molecule has 3 aliphatic rings. The minimum absolute atomic E-state index is 0.0344. The van der Waals surface area contributed by atoms with Gasteiger partial charge >= 0.3 is 0 Å². The summed E-state index contributed by atoms with van der Waals surface area (Å²) in [5.74, 6) is 0.269. The molecule has 9 heteroatoms. The summed E-state index contributed by atoms with van der Waals surface area (Å²) in [4.78, 5) is 24.5. The van der Waals surface area contributed by atoms with Crippen molar-refractivity contribution in [2.24, 2.45) is 5.92 Å². The summed E-state index contributed by atoms with van der Waals surface area (Å²) in [5, 5.41) is 0. The standard InChI is InChI=1S/C17H26N4O4S/c1-12-14(19-11-18-12)8-20-4-5-21(16-10-26(23,24)9-15(16)20)17(22)13-2-6-25-7-3-13/h11,13,15-16H,2-10H2,1H3,(H,18,19)/t15-,16+/m1/s1. The fraction of sp³-hybridized carbons (Fsp3) is 0.765. The Kier molecular flexibility index (Phi) is 4.79. The van der Waals surface area contributed by atoms with Crippen LogP contribution in [0.1, 0.15) is 24.2 Å². The van der Waals surface area contributed by atoms with E-state index in [1.807, 2.05) is 11.8 Å². The predicted octanol–water partition coefficient (Wildman–Crippen LogP) is -0.0455. The number of nitrogens with one attached hydrogen (secondary N) is 1. The van der Waals surface area contributed by atoms with Gasteiger partial charge in [-0.25, -0.2) is 13.4 Å². The van der Waals surface area contributed by atoms with Crippen LogP contribution in [0.2, 0.25) is 0 Å². The third-order valence-corrected chi connectivity index (χ3v) is 7.63. The molecule has 0 radical (unpaired) electrons. The Morgan fingerprint density at radius 1 is 1.27 bits per heavy atom. The van der Waals surface area contributed by atoms with Crippen LogP contribution in [0.15, 0.2) is 6.33 Å². The lowest BCUT2D eigenvalue weighted by atomic mass is 9.95. The topological polar surface area (TPSA) is 95.6 Å². The molecule has 144 valence electrons. The number of carbonyl (C=O) groups excluding carboxylic acids is 1. The lowest BCUT2D eigenvalue weighted by Gasteiger charge is -2.45.